The van der Waals surface area contributed by atoms with Gasteiger partial charge in [-0.05, 0) is 12.1 Å². The molecule has 1 aromatic carbocycles. The van der Waals surface area contributed by atoms with Crippen LogP contribution in [0, 0.1) is 0 Å². The van der Waals surface area contributed by atoms with Crippen molar-refractivity contribution in [1.29, 1.82) is 0 Å². The molecular formula is C21H17ClN6OS. The topological polar surface area (TPSA) is 87.7 Å². The smallest absolute Gasteiger partial charge is 0.255 e. The summed E-state index contributed by atoms with van der Waals surface area (Å²) in [6, 6.07) is 7.69. The molecule has 0 aliphatic carbocycles. The number of H-pyrrole nitrogens is 1. The Morgan fingerprint density at radius 3 is 2.70 bits per heavy atom. The Morgan fingerprint density at radius 1 is 1.10 bits per heavy atom. The van der Waals surface area contributed by atoms with Gasteiger partial charge in [-0.1, -0.05) is 23.7 Å². The van der Waals surface area contributed by atoms with Crippen molar-refractivity contribution in [2.75, 3.05) is 6.54 Å². The summed E-state index contributed by atoms with van der Waals surface area (Å²) in [7, 11) is 0. The zero-order valence-corrected chi connectivity index (χ0v) is 17.5. The minimum atomic E-state index is -0.102. The molecule has 0 amide bonds. The van der Waals surface area contributed by atoms with Crippen molar-refractivity contribution in [3.05, 3.63) is 80.7 Å². The third-order valence-corrected chi connectivity index (χ3v) is 6.29. The van der Waals surface area contributed by atoms with Gasteiger partial charge < -0.3 is 4.98 Å². The molecule has 1 aliphatic heterocycles. The monoisotopic (exact) mass is 436 g/mol. The Morgan fingerprint density at radius 2 is 1.90 bits per heavy atom. The Hall–Kier alpha value is -2.94. The van der Waals surface area contributed by atoms with Crippen molar-refractivity contribution in [2.45, 2.75) is 19.5 Å². The Balaban J connectivity index is 1.33. The van der Waals surface area contributed by atoms with E-state index < -0.39 is 0 Å². The number of nitrogens with zero attached hydrogens (tertiary/aromatic N) is 5. The third kappa shape index (κ3) is 3.89. The molecule has 0 spiro atoms. The minimum Gasteiger partial charge on any atom is -0.306 e. The molecule has 7 nitrogen and oxygen atoms in total. The summed E-state index contributed by atoms with van der Waals surface area (Å²) >= 11 is 7.63. The summed E-state index contributed by atoms with van der Waals surface area (Å²) in [6.07, 6.45) is 7.38. The van der Waals surface area contributed by atoms with Crippen LogP contribution in [0.2, 0.25) is 5.02 Å². The van der Waals surface area contributed by atoms with Crippen molar-refractivity contribution in [3.63, 3.8) is 0 Å². The Labute approximate surface area is 181 Å². The third-order valence-electron chi connectivity index (χ3n) is 5.01. The van der Waals surface area contributed by atoms with Gasteiger partial charge in [-0.2, -0.15) is 0 Å². The van der Waals surface area contributed by atoms with E-state index in [1.54, 1.807) is 23.7 Å². The molecule has 4 aromatic rings. The highest BCUT2D eigenvalue weighted by atomic mass is 35.5. The van der Waals surface area contributed by atoms with Crippen LogP contribution in [0.3, 0.4) is 0 Å². The fourth-order valence-electron chi connectivity index (χ4n) is 3.50. The quantitative estimate of drug-likeness (QED) is 0.526. The highest BCUT2D eigenvalue weighted by Crippen LogP contribution is 2.28. The molecule has 0 bridgehead atoms. The molecule has 5 rings (SSSR count). The van der Waals surface area contributed by atoms with E-state index in [9.17, 15) is 4.79 Å². The SMILES string of the molecule is O=c1[nH]c(-c2cncnc2)nc2c1CN(Cc1cnc(-c3ccc(Cl)cc3)s1)CC2. The first-order chi connectivity index (χ1) is 14.7. The maximum Gasteiger partial charge on any atom is 0.255 e. The van der Waals surface area contributed by atoms with Crippen LogP contribution in [-0.4, -0.2) is 36.4 Å². The van der Waals surface area contributed by atoms with E-state index in [2.05, 4.69) is 29.8 Å². The van der Waals surface area contributed by atoms with Gasteiger partial charge in [-0.25, -0.2) is 19.9 Å². The number of rotatable bonds is 4. The normalized spacial score (nSPS) is 13.9. The molecule has 0 unspecified atom stereocenters. The van der Waals surface area contributed by atoms with Crippen molar-refractivity contribution in [2.24, 2.45) is 0 Å². The number of nitrogens with one attached hydrogen (secondary N) is 1. The summed E-state index contributed by atoms with van der Waals surface area (Å²) in [6.45, 7) is 2.15. The number of aromatic amines is 1. The number of benzene rings is 1. The lowest BCUT2D eigenvalue weighted by Gasteiger charge is -2.27. The number of aromatic nitrogens is 5. The van der Waals surface area contributed by atoms with E-state index in [-0.39, 0.29) is 5.56 Å². The van der Waals surface area contributed by atoms with E-state index >= 15 is 0 Å². The summed E-state index contributed by atoms with van der Waals surface area (Å²) in [4.78, 5) is 36.2. The van der Waals surface area contributed by atoms with Gasteiger partial charge in [0.1, 0.15) is 17.2 Å². The largest absolute Gasteiger partial charge is 0.306 e. The Bertz CT molecular complexity index is 1240. The first kappa shape index (κ1) is 19.0. The van der Waals surface area contributed by atoms with Gasteiger partial charge in [0.2, 0.25) is 0 Å². The second kappa shape index (κ2) is 8.06. The zero-order valence-electron chi connectivity index (χ0n) is 15.9. The summed E-state index contributed by atoms with van der Waals surface area (Å²) < 4.78 is 0. The lowest BCUT2D eigenvalue weighted by Crippen LogP contribution is -2.35. The average Bonchev–Trinajstić information content (AvgIpc) is 3.23. The lowest BCUT2D eigenvalue weighted by atomic mass is 10.1. The van der Waals surface area contributed by atoms with Crippen LogP contribution in [0.5, 0.6) is 0 Å². The molecule has 1 N–H and O–H groups in total. The van der Waals surface area contributed by atoms with Gasteiger partial charge in [-0.3, -0.25) is 9.69 Å². The van der Waals surface area contributed by atoms with Crippen LogP contribution in [0.15, 0.2) is 54.0 Å². The van der Waals surface area contributed by atoms with Crippen molar-refractivity contribution < 1.29 is 0 Å². The first-order valence-electron chi connectivity index (χ1n) is 9.46. The Kier molecular flexibility index (Phi) is 5.12. The van der Waals surface area contributed by atoms with Crippen molar-refractivity contribution in [1.82, 2.24) is 29.8 Å². The molecule has 9 heteroatoms. The second-order valence-electron chi connectivity index (χ2n) is 7.07. The predicted molar refractivity (Wildman–Crippen MR) is 116 cm³/mol. The van der Waals surface area contributed by atoms with Gasteiger partial charge >= 0.3 is 0 Å². The number of hydrogen-bond donors (Lipinski definition) is 1. The van der Waals surface area contributed by atoms with Crippen LogP contribution < -0.4 is 5.56 Å². The molecule has 0 fully saturated rings. The molecule has 30 heavy (non-hydrogen) atoms. The molecule has 1 aliphatic rings. The van der Waals surface area contributed by atoms with Crippen LogP contribution in [0.25, 0.3) is 22.0 Å². The lowest BCUT2D eigenvalue weighted by molar-refractivity contribution is 0.244. The molecule has 0 saturated heterocycles. The van der Waals surface area contributed by atoms with Gasteiger partial charge in [0.25, 0.3) is 5.56 Å². The van der Waals surface area contributed by atoms with E-state index in [1.807, 2.05) is 30.5 Å². The summed E-state index contributed by atoms with van der Waals surface area (Å²) in [5.41, 5.74) is 3.23. The van der Waals surface area contributed by atoms with Gasteiger partial charge in [0.15, 0.2) is 0 Å². The molecule has 150 valence electrons. The molecule has 0 radical (unpaired) electrons. The number of fused-ring (bicyclic) bond motifs is 1. The average molecular weight is 437 g/mol. The van der Waals surface area contributed by atoms with Crippen molar-refractivity contribution >= 4 is 22.9 Å². The van der Waals surface area contributed by atoms with Crippen molar-refractivity contribution in [3.8, 4) is 22.0 Å². The van der Waals surface area contributed by atoms with E-state index in [0.29, 0.717) is 23.0 Å². The van der Waals surface area contributed by atoms with Crippen LogP contribution in [0.4, 0.5) is 0 Å². The number of halogens is 1. The molecule has 3 aromatic heterocycles. The maximum atomic E-state index is 12.7. The minimum absolute atomic E-state index is 0.102. The van der Waals surface area contributed by atoms with E-state index in [4.69, 9.17) is 11.6 Å². The molecule has 0 saturated carbocycles. The maximum absolute atomic E-state index is 12.7. The standard InChI is InChI=1S/C21H17ClN6OS/c22-15-3-1-13(2-4-15)21-25-9-16(30-21)10-28-6-5-18-17(11-28)20(29)27-19(26-18)14-7-23-12-24-8-14/h1-4,7-9,12H,5-6,10-11H2,(H,26,27,29). The van der Waals surface area contributed by atoms with Gasteiger partial charge in [-0.15, -0.1) is 11.3 Å². The second-order valence-corrected chi connectivity index (χ2v) is 8.62. The summed E-state index contributed by atoms with van der Waals surface area (Å²) in [5, 5.41) is 1.68. The fourth-order valence-corrected chi connectivity index (χ4v) is 4.59. The summed E-state index contributed by atoms with van der Waals surface area (Å²) in [5.74, 6) is 0.517. The van der Waals surface area contributed by atoms with Crippen LogP contribution in [-0.2, 0) is 19.5 Å². The van der Waals surface area contributed by atoms with E-state index in [1.165, 1.54) is 6.33 Å². The number of hydrogen-bond acceptors (Lipinski definition) is 7. The van der Waals surface area contributed by atoms with Gasteiger partial charge in [0.05, 0.1) is 16.8 Å². The van der Waals surface area contributed by atoms with Crippen LogP contribution in [0.1, 0.15) is 16.1 Å². The highest BCUT2D eigenvalue weighted by Gasteiger charge is 2.22. The molecular weight excluding hydrogens is 420 g/mol. The first-order valence-corrected chi connectivity index (χ1v) is 10.7. The number of thiazole rings is 1. The van der Waals surface area contributed by atoms with Crippen LogP contribution >= 0.6 is 22.9 Å². The van der Waals surface area contributed by atoms with E-state index in [0.717, 1.165) is 46.2 Å². The van der Waals surface area contributed by atoms with Gasteiger partial charge in [0, 0.05) is 60.1 Å². The zero-order chi connectivity index (χ0) is 20.5. The fraction of sp³-hybridized carbons (Fsp3) is 0.190. The predicted octanol–water partition coefficient (Wildman–Crippen LogP) is 3.56. The molecule has 0 atom stereocenters. The highest BCUT2D eigenvalue weighted by molar-refractivity contribution is 7.15. The molecule has 4 heterocycles.